The molecule has 0 amide bonds. The topological polar surface area (TPSA) is 344 Å². The normalized spacial score (nSPS) is 9.18. The molecule has 31 heteroatoms. The van der Waals surface area contributed by atoms with Gasteiger partial charge in [-0.05, 0) is 34.3 Å². The molecule has 0 fully saturated rings. The van der Waals surface area contributed by atoms with E-state index < -0.39 is 21.3 Å². The van der Waals surface area contributed by atoms with Gasteiger partial charge in [-0.3, -0.25) is 5.43 Å². The van der Waals surface area contributed by atoms with Crippen LogP contribution in [0, 0.1) is 28.4 Å². The number of aliphatic carboxylic acids is 1. The molecule has 0 aromatic carbocycles. The van der Waals surface area contributed by atoms with Crippen LogP contribution in [0.3, 0.4) is 0 Å². The molecule has 0 atom stereocenters. The number of likely N-dealkylation sites (N-methyl/N-ethyl adjacent to an activating group) is 2. The predicted octanol–water partition coefficient (Wildman–Crippen LogP) is 2.96. The summed E-state index contributed by atoms with van der Waals surface area (Å²) in [7, 11) is 29.4. The van der Waals surface area contributed by atoms with Crippen LogP contribution in [0.15, 0.2) is 47.7 Å². The van der Waals surface area contributed by atoms with Crippen LogP contribution in [0.25, 0.3) is 31.3 Å². The van der Waals surface area contributed by atoms with E-state index in [-0.39, 0.29) is 14.0 Å². The van der Waals surface area contributed by atoms with Crippen molar-refractivity contribution in [3.05, 3.63) is 68.8 Å². The number of carboxylic acids is 1. The molecule has 2 heterocycles. The number of halogens is 7. The molecule has 2 aromatic heterocycles. The third kappa shape index (κ3) is 95.9. The maximum absolute atomic E-state index is 10.6. The molecule has 362 valence electrons. The first-order chi connectivity index (χ1) is 28.4. The molecule has 0 aliphatic carbocycles. The molecule has 0 aliphatic heterocycles. The zero-order valence-corrected chi connectivity index (χ0v) is 39.8. The first-order valence-corrected chi connectivity index (χ1v) is 23.6. The van der Waals surface area contributed by atoms with E-state index in [2.05, 4.69) is 89.6 Å². The maximum Gasteiger partial charge on any atom is -0.00208 e. The van der Waals surface area contributed by atoms with E-state index in [9.17, 15) is 13.2 Å². The van der Waals surface area contributed by atoms with Gasteiger partial charge in [-0.15, -0.1) is 5.53 Å². The fourth-order valence-corrected chi connectivity index (χ4v) is 2.69. The molecular weight excluding hydrogens is 955 g/mol. The molecule has 0 radical (unpaired) electrons. The summed E-state index contributed by atoms with van der Waals surface area (Å²) in [5.41, 5.74) is 29.3. The number of quaternary nitrogens is 3. The number of nitrogens with one attached hydrogen (secondary N) is 4. The van der Waals surface area contributed by atoms with Gasteiger partial charge in [0.1, 0.15) is 31.3 Å². The third-order valence-electron chi connectivity index (χ3n) is 5.39. The molecule has 23 nitrogen and oxygen atoms in total. The van der Waals surface area contributed by atoms with Crippen molar-refractivity contribution in [1.82, 2.24) is 14.5 Å². The van der Waals surface area contributed by atoms with E-state index in [4.69, 9.17) is 93.9 Å². The van der Waals surface area contributed by atoms with Crippen LogP contribution in [-0.2, 0) is 41.2 Å². The summed E-state index contributed by atoms with van der Waals surface area (Å²) in [5.74, 6) is 2.10. The fraction of sp³-hybridized carbons (Fsp3) is 0.710. The number of aryl methyl sites for hydroxylation is 4. The van der Waals surface area contributed by atoms with Crippen LogP contribution in [0.2, 0.25) is 0 Å². The fourth-order valence-electron chi connectivity index (χ4n) is 2.69. The van der Waals surface area contributed by atoms with Gasteiger partial charge in [-0.25, -0.2) is 28.4 Å². The number of hydrogen-bond donors (Lipinski definition) is 8. The van der Waals surface area contributed by atoms with Crippen LogP contribution in [-0.4, -0.2) is 99.0 Å². The Morgan fingerprint density at radius 3 is 1.35 bits per heavy atom. The Hall–Kier alpha value is -4.13. The SMILES string of the molecule is C.CCCCn1cc[n+](C)c1.CCCCn1cc[n+](C)c1.C[NH+](C)CCN=[N+]=[N-].C[NH+](C)CCN=[N+]=[N-].N#CNC#N.N[NH2+]CCO.O=C(O)C(F)(F)F.[Cl][Fe]([Cl])([Cl])[Cl].[N-]=[N+]=N. The van der Waals surface area contributed by atoms with Crippen LogP contribution < -0.4 is 35.5 Å². The Morgan fingerprint density at radius 2 is 1.23 bits per heavy atom. The van der Waals surface area contributed by atoms with E-state index >= 15 is 0 Å². The Kier molecular flexibility index (Phi) is 69.0. The number of aliphatic hydroxyl groups is 1. The number of nitriles is 2. The minimum Gasteiger partial charge on any atom is -0.108 e. The number of alkyl halides is 3. The van der Waals surface area contributed by atoms with E-state index in [1.54, 1.807) is 10.2 Å². The van der Waals surface area contributed by atoms with Crippen LogP contribution in [0.1, 0.15) is 47.0 Å². The molecule has 0 saturated carbocycles. The molecule has 2 aromatic rings. The average Bonchev–Trinajstić information content (AvgIpc) is 3.78. The van der Waals surface area contributed by atoms with Gasteiger partial charge in [0.05, 0.1) is 88.2 Å². The second kappa shape index (κ2) is 56.9. The van der Waals surface area contributed by atoms with Crippen molar-refractivity contribution in [3.8, 4) is 12.4 Å². The van der Waals surface area contributed by atoms with Gasteiger partial charge in [0.15, 0.2) is 12.4 Å². The molecule has 10 N–H and O–H groups in total. The molecule has 62 heavy (non-hydrogen) atoms. The smallest absolute Gasteiger partial charge is 0.00208 e. The molecule has 0 unspecified atom stereocenters. The molecule has 0 spiro atoms. The summed E-state index contributed by atoms with van der Waals surface area (Å²) in [6, 6.07) is 0. The van der Waals surface area contributed by atoms with Crippen molar-refractivity contribution in [2.24, 2.45) is 30.2 Å². The van der Waals surface area contributed by atoms with E-state index in [0.29, 0.717) is 19.6 Å². The Labute approximate surface area is 382 Å². The zero-order valence-electron chi connectivity index (χ0n) is 35.7. The average molecular weight is 1020 g/mol. The third-order valence-corrected chi connectivity index (χ3v) is 5.39. The van der Waals surface area contributed by atoms with Crippen LogP contribution in [0.4, 0.5) is 13.2 Å². The summed E-state index contributed by atoms with van der Waals surface area (Å²) in [5, 5.41) is 38.5. The van der Waals surface area contributed by atoms with E-state index in [1.807, 2.05) is 42.3 Å². The predicted molar refractivity (Wildman–Crippen MR) is 230 cm³/mol. The Morgan fingerprint density at radius 1 is 0.919 bits per heavy atom. The molecular formula is C31H68Cl4F3FeN20O3+5. The van der Waals surface area contributed by atoms with Gasteiger partial charge in [0.25, 0.3) is 0 Å². The number of aromatic nitrogens is 4. The molecule has 0 saturated heterocycles. The summed E-state index contributed by atoms with van der Waals surface area (Å²) in [6.45, 7) is 10.5. The van der Waals surface area contributed by atoms with Crippen molar-refractivity contribution in [1.29, 1.82) is 16.1 Å². The maximum atomic E-state index is 10.6. The van der Waals surface area contributed by atoms with Crippen LogP contribution in [0.5, 0.6) is 0 Å². The van der Waals surface area contributed by atoms with Gasteiger partial charge in [-0.2, -0.15) is 29.5 Å². The van der Waals surface area contributed by atoms with Gasteiger partial charge >= 0.3 is 61.7 Å². The van der Waals surface area contributed by atoms with Gasteiger partial charge in [0, 0.05) is 9.82 Å². The molecule has 0 aliphatic rings. The van der Waals surface area contributed by atoms with Gasteiger partial charge < -0.3 is 20.0 Å². The molecule has 0 bridgehead atoms. The summed E-state index contributed by atoms with van der Waals surface area (Å²) < 4.78 is 40.3. The van der Waals surface area contributed by atoms with Crippen molar-refractivity contribution in [3.63, 3.8) is 0 Å². The van der Waals surface area contributed by atoms with Crippen molar-refractivity contribution >= 4 is 46.4 Å². The first kappa shape index (κ1) is 75.3. The number of nitrogens with zero attached hydrogens (tertiary/aromatic N) is 14. The first-order valence-electron chi connectivity index (χ1n) is 17.5. The van der Waals surface area contributed by atoms with Crippen molar-refractivity contribution in [2.45, 2.75) is 66.2 Å². The van der Waals surface area contributed by atoms with Crippen LogP contribution >= 0.6 is 40.4 Å². The number of carbonyl (C=O) groups is 1. The van der Waals surface area contributed by atoms with Gasteiger partial charge in [-0.1, -0.05) is 44.3 Å². The zero-order chi connectivity index (χ0) is 49.1. The van der Waals surface area contributed by atoms with E-state index in [1.165, 1.54) is 53.3 Å². The second-order valence-electron chi connectivity index (χ2n) is 11.5. The summed E-state index contributed by atoms with van der Waals surface area (Å²) in [4.78, 5) is 18.5. The number of carboxylic acid groups (broad SMARTS) is 1. The Balaban J connectivity index is -0.0000000898. The second-order valence-corrected chi connectivity index (χ2v) is 22.4. The number of hydrogen-bond acceptors (Lipinski definition) is 9. The number of aliphatic hydroxyl groups excluding tert-OH is 1. The van der Waals surface area contributed by atoms with Gasteiger partial charge in [0.2, 0.25) is 12.7 Å². The minimum absolute atomic E-state index is 0. The largest absolute Gasteiger partial charge is 0.108 e. The van der Waals surface area contributed by atoms with Crippen molar-refractivity contribution < 1.29 is 61.7 Å². The number of unbranched alkanes of at least 4 members (excludes halogenated alkanes) is 2. The number of rotatable bonds is 14. The Bertz CT molecular complexity index is 1410. The monoisotopic (exact) mass is 1020 g/mol. The molecule has 2 rings (SSSR count). The summed E-state index contributed by atoms with van der Waals surface area (Å²) >= 11 is 0. The number of imidazole rings is 2. The number of azide groups is 2. The number of nitrogens with two attached hydrogens (primary N) is 2. The summed E-state index contributed by atoms with van der Waals surface area (Å²) in [6.07, 6.45) is 15.4. The quantitative estimate of drug-likeness (QED) is 0.0161. The van der Waals surface area contributed by atoms with Crippen molar-refractivity contribution in [2.75, 3.05) is 67.5 Å². The standard InChI is InChI=1S/2C8H15N2.2C4H10N4.C2HF3O2.C2HN3.C2H8N2O.CH4.4ClH.Fe.HN3/c2*1-3-4-5-10-7-6-9(2)8-10;2*1-8(2)4-3-6-7-5;3-2(4,5)1(6)7;3-1-5-2-4;3-4-1-2-5;;;;;;;1-3-2/h2*6-8H,3-5H2,1-2H3;2*3-4H2,1-2H3;(H,6,7);5H;4-5H,1-3H2;1H4;4*1H;;1H/q2*+1;;;;;;;;;;;+4;/p-1. The minimum atomic E-state index is -5.08. The van der Waals surface area contributed by atoms with E-state index in [0.717, 1.165) is 26.2 Å².